The van der Waals surface area contributed by atoms with Crippen LogP contribution in [-0.2, 0) is 6.54 Å². The number of nitrogens with one attached hydrogen (secondary N) is 1. The normalized spacial score (nSPS) is 10.2. The quantitative estimate of drug-likeness (QED) is 0.879. The summed E-state index contributed by atoms with van der Waals surface area (Å²) in [4.78, 5) is 4.40. The molecule has 90 valence electrons. The summed E-state index contributed by atoms with van der Waals surface area (Å²) < 4.78 is 5.39. The van der Waals surface area contributed by atoms with Gasteiger partial charge in [0.05, 0.1) is 23.9 Å². The molecular formula is C13H16N2OS. The summed E-state index contributed by atoms with van der Waals surface area (Å²) in [6, 6.07) is 7.98. The third-order valence-corrected chi connectivity index (χ3v) is 3.13. The van der Waals surface area contributed by atoms with Crippen LogP contribution < -0.4 is 10.1 Å². The largest absolute Gasteiger partial charge is 0.494 e. The predicted octanol–water partition coefficient (Wildman–Crippen LogP) is 3.46. The fourth-order valence-electron chi connectivity index (χ4n) is 1.52. The molecule has 1 aromatic heterocycles. The van der Waals surface area contributed by atoms with Crippen molar-refractivity contribution in [2.45, 2.75) is 20.4 Å². The first-order valence-electron chi connectivity index (χ1n) is 5.65. The van der Waals surface area contributed by atoms with Gasteiger partial charge in [-0.2, -0.15) is 0 Å². The lowest BCUT2D eigenvalue weighted by Crippen LogP contribution is -1.99. The van der Waals surface area contributed by atoms with E-state index in [0.29, 0.717) is 6.61 Å². The van der Waals surface area contributed by atoms with E-state index in [-0.39, 0.29) is 0 Å². The van der Waals surface area contributed by atoms with Gasteiger partial charge in [0, 0.05) is 11.1 Å². The van der Waals surface area contributed by atoms with Crippen LogP contribution >= 0.6 is 11.3 Å². The van der Waals surface area contributed by atoms with Crippen LogP contribution in [0.15, 0.2) is 29.6 Å². The number of rotatable bonds is 5. The molecule has 2 rings (SSSR count). The Balaban J connectivity index is 1.90. The Morgan fingerprint density at radius 1 is 1.29 bits per heavy atom. The van der Waals surface area contributed by atoms with Gasteiger partial charge in [0.1, 0.15) is 5.75 Å². The molecule has 0 aliphatic heterocycles. The smallest absolute Gasteiger partial charge is 0.119 e. The van der Waals surface area contributed by atoms with Gasteiger partial charge >= 0.3 is 0 Å². The van der Waals surface area contributed by atoms with Crippen LogP contribution in [0.25, 0.3) is 0 Å². The van der Waals surface area contributed by atoms with E-state index in [2.05, 4.69) is 15.7 Å². The molecule has 0 fully saturated rings. The van der Waals surface area contributed by atoms with Crippen LogP contribution in [0.1, 0.15) is 17.6 Å². The number of benzene rings is 1. The number of hydrogen-bond acceptors (Lipinski definition) is 4. The minimum atomic E-state index is 0.699. The Kier molecular flexibility index (Phi) is 3.98. The molecule has 0 radical (unpaired) electrons. The number of thiazole rings is 1. The molecule has 0 aliphatic carbocycles. The molecule has 4 heteroatoms. The lowest BCUT2D eigenvalue weighted by Gasteiger charge is -2.06. The second-order valence-corrected chi connectivity index (χ2v) is 4.73. The second-order valence-electron chi connectivity index (χ2n) is 3.67. The van der Waals surface area contributed by atoms with Gasteiger partial charge in [0.25, 0.3) is 0 Å². The third-order valence-electron chi connectivity index (χ3n) is 2.31. The summed E-state index contributed by atoms with van der Waals surface area (Å²) in [6.07, 6.45) is 0. The minimum absolute atomic E-state index is 0.699. The molecule has 1 aromatic carbocycles. The van der Waals surface area contributed by atoms with E-state index in [1.54, 1.807) is 11.3 Å². The van der Waals surface area contributed by atoms with Gasteiger partial charge < -0.3 is 10.1 Å². The van der Waals surface area contributed by atoms with Crippen LogP contribution in [0.5, 0.6) is 5.75 Å². The predicted molar refractivity (Wildman–Crippen MR) is 71.8 cm³/mol. The maximum absolute atomic E-state index is 5.39. The van der Waals surface area contributed by atoms with Crippen molar-refractivity contribution in [2.24, 2.45) is 0 Å². The van der Waals surface area contributed by atoms with Crippen LogP contribution in [0.3, 0.4) is 0 Å². The number of ether oxygens (including phenoxy) is 1. The van der Waals surface area contributed by atoms with Gasteiger partial charge in [0.15, 0.2) is 0 Å². The average molecular weight is 248 g/mol. The summed E-state index contributed by atoms with van der Waals surface area (Å²) in [6.45, 7) is 5.46. The van der Waals surface area contributed by atoms with E-state index in [9.17, 15) is 0 Å². The number of anilines is 1. The fraction of sp³-hybridized carbons (Fsp3) is 0.308. The van der Waals surface area contributed by atoms with E-state index >= 15 is 0 Å². The zero-order valence-electron chi connectivity index (χ0n) is 10.1. The lowest BCUT2D eigenvalue weighted by molar-refractivity contribution is 0.340. The van der Waals surface area contributed by atoms with E-state index in [1.165, 1.54) is 0 Å². The molecule has 0 aliphatic rings. The Labute approximate surface area is 105 Å². The van der Waals surface area contributed by atoms with Crippen LogP contribution in [0, 0.1) is 6.92 Å². The summed E-state index contributed by atoms with van der Waals surface area (Å²) in [5, 5.41) is 6.52. The molecule has 0 saturated heterocycles. The highest BCUT2D eigenvalue weighted by Crippen LogP contribution is 2.16. The Hall–Kier alpha value is -1.55. The number of aromatic nitrogens is 1. The van der Waals surface area contributed by atoms with Crippen LogP contribution in [0.2, 0.25) is 0 Å². The number of aryl methyl sites for hydroxylation is 1. The molecule has 3 nitrogen and oxygen atoms in total. The molecule has 1 heterocycles. The first-order valence-corrected chi connectivity index (χ1v) is 6.53. The fourth-order valence-corrected chi connectivity index (χ4v) is 2.13. The first-order chi connectivity index (χ1) is 8.28. The van der Waals surface area contributed by atoms with E-state index < -0.39 is 0 Å². The Morgan fingerprint density at radius 2 is 2.06 bits per heavy atom. The molecular weight excluding hydrogens is 232 g/mol. The van der Waals surface area contributed by atoms with Crippen molar-refractivity contribution in [1.82, 2.24) is 4.98 Å². The zero-order chi connectivity index (χ0) is 12.1. The van der Waals surface area contributed by atoms with Crippen LogP contribution in [0.4, 0.5) is 5.69 Å². The maximum atomic E-state index is 5.39. The Bertz CT molecular complexity index is 465. The maximum Gasteiger partial charge on any atom is 0.119 e. The molecule has 2 aromatic rings. The molecule has 17 heavy (non-hydrogen) atoms. The highest BCUT2D eigenvalue weighted by atomic mass is 32.1. The summed E-state index contributed by atoms with van der Waals surface area (Å²) >= 11 is 1.68. The molecule has 0 unspecified atom stereocenters. The van der Waals surface area contributed by atoms with Gasteiger partial charge in [-0.25, -0.2) is 4.98 Å². The van der Waals surface area contributed by atoms with Gasteiger partial charge in [-0.1, -0.05) is 0 Å². The van der Waals surface area contributed by atoms with Gasteiger partial charge in [-0.15, -0.1) is 11.3 Å². The lowest BCUT2D eigenvalue weighted by atomic mass is 10.3. The number of nitrogens with zero attached hydrogens (tertiary/aromatic N) is 1. The molecule has 0 amide bonds. The second kappa shape index (κ2) is 5.68. The minimum Gasteiger partial charge on any atom is -0.494 e. The van der Waals surface area contributed by atoms with Gasteiger partial charge in [-0.05, 0) is 38.1 Å². The topological polar surface area (TPSA) is 34.1 Å². The molecule has 0 spiro atoms. The number of hydrogen-bond donors (Lipinski definition) is 1. The average Bonchev–Trinajstić information content (AvgIpc) is 2.75. The molecule has 1 N–H and O–H groups in total. The van der Waals surface area contributed by atoms with E-state index in [1.807, 2.05) is 38.1 Å². The zero-order valence-corrected chi connectivity index (χ0v) is 10.9. The van der Waals surface area contributed by atoms with Crippen molar-refractivity contribution < 1.29 is 4.74 Å². The van der Waals surface area contributed by atoms with Gasteiger partial charge in [-0.3, -0.25) is 0 Å². The third kappa shape index (κ3) is 3.46. The highest BCUT2D eigenvalue weighted by Gasteiger charge is 1.98. The summed E-state index contributed by atoms with van der Waals surface area (Å²) in [7, 11) is 0. The van der Waals surface area contributed by atoms with Gasteiger partial charge in [0.2, 0.25) is 0 Å². The molecule has 0 bridgehead atoms. The van der Waals surface area contributed by atoms with Crippen molar-refractivity contribution in [3.05, 3.63) is 40.3 Å². The van der Waals surface area contributed by atoms with Crippen molar-refractivity contribution in [3.63, 3.8) is 0 Å². The van der Waals surface area contributed by atoms with E-state index in [4.69, 9.17) is 4.74 Å². The summed E-state index contributed by atoms with van der Waals surface area (Å²) in [5.41, 5.74) is 2.17. The Morgan fingerprint density at radius 3 is 2.65 bits per heavy atom. The SMILES string of the molecule is CCOc1ccc(NCc2csc(C)n2)cc1. The van der Waals surface area contributed by atoms with Crippen LogP contribution in [-0.4, -0.2) is 11.6 Å². The van der Waals surface area contributed by atoms with E-state index in [0.717, 1.165) is 28.7 Å². The van der Waals surface area contributed by atoms with Crippen molar-refractivity contribution in [2.75, 3.05) is 11.9 Å². The van der Waals surface area contributed by atoms with Crippen molar-refractivity contribution >= 4 is 17.0 Å². The molecule has 0 saturated carbocycles. The van der Waals surface area contributed by atoms with Crippen molar-refractivity contribution in [3.8, 4) is 5.75 Å². The first kappa shape index (κ1) is 11.9. The van der Waals surface area contributed by atoms with Crippen molar-refractivity contribution in [1.29, 1.82) is 0 Å². The summed E-state index contributed by atoms with van der Waals surface area (Å²) in [5.74, 6) is 0.905. The highest BCUT2D eigenvalue weighted by molar-refractivity contribution is 7.09. The standard InChI is InChI=1S/C13H16N2OS/c1-3-16-13-6-4-11(5-7-13)14-8-12-9-17-10(2)15-12/h4-7,9,14H,3,8H2,1-2H3. The molecule has 0 atom stereocenters. The monoisotopic (exact) mass is 248 g/mol.